The highest BCUT2D eigenvalue weighted by atomic mass is 16.2. The second-order valence-corrected chi connectivity index (χ2v) is 7.00. The van der Waals surface area contributed by atoms with E-state index in [1.54, 1.807) is 18.9 Å². The molecule has 2 aliphatic heterocycles. The Morgan fingerprint density at radius 1 is 1.21 bits per heavy atom. The highest BCUT2D eigenvalue weighted by molar-refractivity contribution is 5.78. The van der Waals surface area contributed by atoms with Crippen LogP contribution in [0.5, 0.6) is 0 Å². The quantitative estimate of drug-likeness (QED) is 0.698. The Hall–Kier alpha value is -1.65. The van der Waals surface area contributed by atoms with Gasteiger partial charge in [-0.2, -0.15) is 5.26 Å². The van der Waals surface area contributed by atoms with Gasteiger partial charge >= 0.3 is 0 Å². The zero-order chi connectivity index (χ0) is 17.7. The first-order valence-electron chi connectivity index (χ1n) is 8.75. The third kappa shape index (κ3) is 4.68. The van der Waals surface area contributed by atoms with Gasteiger partial charge in [0.05, 0.1) is 19.0 Å². The zero-order valence-electron chi connectivity index (χ0n) is 15.1. The molecule has 0 aromatic carbocycles. The molecule has 0 spiro atoms. The third-order valence-electron chi connectivity index (χ3n) is 5.22. The van der Waals surface area contributed by atoms with E-state index in [4.69, 9.17) is 5.26 Å². The first-order valence-corrected chi connectivity index (χ1v) is 8.75. The van der Waals surface area contributed by atoms with E-state index in [9.17, 15) is 9.59 Å². The zero-order valence-corrected chi connectivity index (χ0v) is 15.1. The summed E-state index contributed by atoms with van der Waals surface area (Å²) in [6.07, 6.45) is 0.377. The van der Waals surface area contributed by atoms with Gasteiger partial charge in [-0.1, -0.05) is 6.92 Å². The number of hydrogen-bond acceptors (Lipinski definition) is 5. The van der Waals surface area contributed by atoms with Crippen LogP contribution >= 0.6 is 0 Å². The summed E-state index contributed by atoms with van der Waals surface area (Å²) >= 11 is 0. The van der Waals surface area contributed by atoms with E-state index in [0.29, 0.717) is 31.5 Å². The van der Waals surface area contributed by atoms with Crippen molar-refractivity contribution < 1.29 is 9.59 Å². The topological polar surface area (TPSA) is 70.9 Å². The molecule has 2 aliphatic rings. The maximum Gasteiger partial charge on any atom is 0.236 e. The van der Waals surface area contributed by atoms with Crippen molar-refractivity contribution in [3.05, 3.63) is 0 Å². The fraction of sp³-hybridized carbons (Fsp3) is 0.824. The van der Waals surface area contributed by atoms with Crippen LogP contribution in [0.25, 0.3) is 0 Å². The van der Waals surface area contributed by atoms with Gasteiger partial charge in [-0.25, -0.2) is 0 Å². The van der Waals surface area contributed by atoms with Crippen LogP contribution < -0.4 is 0 Å². The standard InChI is InChI=1S/C17H29N5O2/c1-14-11-20(13-17(24)19(3)6-4-5-18)12-16(14)22-9-7-21(8-10-22)15(2)23/h14,16H,4,6-13H2,1-3H3/t14-,16-/m1/s1. The Bertz CT molecular complexity index is 496. The van der Waals surface area contributed by atoms with Crippen molar-refractivity contribution in [2.45, 2.75) is 26.3 Å². The molecule has 2 amide bonds. The third-order valence-corrected chi connectivity index (χ3v) is 5.22. The number of carbonyl (C=O) groups excluding carboxylic acids is 2. The fourth-order valence-electron chi connectivity index (χ4n) is 3.68. The minimum atomic E-state index is 0.0829. The van der Waals surface area contributed by atoms with Crippen LogP contribution in [0.3, 0.4) is 0 Å². The number of likely N-dealkylation sites (tertiary alicyclic amines) is 1. The van der Waals surface area contributed by atoms with E-state index in [2.05, 4.69) is 22.8 Å². The Kier molecular flexibility index (Phi) is 6.58. The summed E-state index contributed by atoms with van der Waals surface area (Å²) in [6.45, 7) is 10.1. The van der Waals surface area contributed by atoms with Gasteiger partial charge in [-0.15, -0.1) is 0 Å². The van der Waals surface area contributed by atoms with E-state index >= 15 is 0 Å². The number of nitrogens with zero attached hydrogens (tertiary/aromatic N) is 5. The second kappa shape index (κ2) is 8.45. The van der Waals surface area contributed by atoms with Gasteiger partial charge in [0.15, 0.2) is 0 Å². The molecule has 0 N–H and O–H groups in total. The molecular weight excluding hydrogens is 306 g/mol. The number of amides is 2. The van der Waals surface area contributed by atoms with Crippen molar-refractivity contribution >= 4 is 11.8 Å². The average Bonchev–Trinajstić information content (AvgIpc) is 2.92. The molecule has 0 aromatic rings. The van der Waals surface area contributed by atoms with Crippen LogP contribution in [0, 0.1) is 17.2 Å². The summed E-state index contributed by atoms with van der Waals surface area (Å²) in [5, 5.41) is 8.62. The normalized spacial score (nSPS) is 25.5. The minimum absolute atomic E-state index is 0.0829. The first-order chi connectivity index (χ1) is 11.4. The summed E-state index contributed by atoms with van der Waals surface area (Å²) in [6, 6.07) is 2.53. The fourth-order valence-corrected chi connectivity index (χ4v) is 3.68. The molecule has 0 unspecified atom stereocenters. The molecule has 0 aliphatic carbocycles. The van der Waals surface area contributed by atoms with Crippen LogP contribution in [0.4, 0.5) is 0 Å². The number of piperazine rings is 1. The van der Waals surface area contributed by atoms with Crippen molar-refractivity contribution in [2.24, 2.45) is 5.92 Å². The van der Waals surface area contributed by atoms with Gasteiger partial charge in [0.2, 0.25) is 11.8 Å². The van der Waals surface area contributed by atoms with Crippen molar-refractivity contribution in [1.29, 1.82) is 5.26 Å². The van der Waals surface area contributed by atoms with Gasteiger partial charge in [0, 0.05) is 65.8 Å². The van der Waals surface area contributed by atoms with Crippen molar-refractivity contribution in [3.63, 3.8) is 0 Å². The maximum absolute atomic E-state index is 12.2. The van der Waals surface area contributed by atoms with Crippen LogP contribution in [0.15, 0.2) is 0 Å². The largest absolute Gasteiger partial charge is 0.344 e. The summed E-state index contributed by atoms with van der Waals surface area (Å²) in [4.78, 5) is 31.9. The molecule has 2 saturated heterocycles. The molecule has 2 atom stereocenters. The summed E-state index contributed by atoms with van der Waals surface area (Å²) in [5.41, 5.74) is 0. The molecule has 24 heavy (non-hydrogen) atoms. The number of rotatable bonds is 5. The van der Waals surface area contributed by atoms with Crippen molar-refractivity contribution in [1.82, 2.24) is 19.6 Å². The molecule has 0 bridgehead atoms. The van der Waals surface area contributed by atoms with E-state index in [0.717, 1.165) is 39.3 Å². The van der Waals surface area contributed by atoms with Crippen molar-refractivity contribution in [3.8, 4) is 6.07 Å². The van der Waals surface area contributed by atoms with Gasteiger partial charge in [-0.3, -0.25) is 19.4 Å². The Labute approximate surface area is 144 Å². The number of hydrogen-bond donors (Lipinski definition) is 0. The van der Waals surface area contributed by atoms with Gasteiger partial charge < -0.3 is 9.80 Å². The minimum Gasteiger partial charge on any atom is -0.344 e. The van der Waals surface area contributed by atoms with E-state index in [-0.39, 0.29) is 11.8 Å². The lowest BCUT2D eigenvalue weighted by atomic mass is 10.0. The average molecular weight is 335 g/mol. The molecule has 2 fully saturated rings. The molecule has 0 radical (unpaired) electrons. The SMILES string of the molecule is CC(=O)N1CCN([C@@H]2CN(CC(=O)N(C)CCC#N)C[C@H]2C)CC1. The molecular formula is C17H29N5O2. The predicted molar refractivity (Wildman–Crippen MR) is 91.1 cm³/mol. The summed E-state index contributed by atoms with van der Waals surface area (Å²) in [5.74, 6) is 0.757. The lowest BCUT2D eigenvalue weighted by Crippen LogP contribution is -2.53. The maximum atomic E-state index is 12.2. The molecule has 0 aromatic heterocycles. The van der Waals surface area contributed by atoms with E-state index < -0.39 is 0 Å². The van der Waals surface area contributed by atoms with E-state index in [1.165, 1.54) is 0 Å². The molecule has 7 nitrogen and oxygen atoms in total. The summed E-state index contributed by atoms with van der Waals surface area (Å²) < 4.78 is 0. The lowest BCUT2D eigenvalue weighted by molar-refractivity contribution is -0.132. The van der Waals surface area contributed by atoms with Crippen LogP contribution in [0.1, 0.15) is 20.3 Å². The highest BCUT2D eigenvalue weighted by Crippen LogP contribution is 2.23. The van der Waals surface area contributed by atoms with Crippen LogP contribution in [0.2, 0.25) is 0 Å². The number of nitriles is 1. The number of likely N-dealkylation sites (N-methyl/N-ethyl adjacent to an activating group) is 1. The molecule has 0 saturated carbocycles. The molecule has 7 heteroatoms. The summed E-state index contributed by atoms with van der Waals surface area (Å²) in [7, 11) is 1.76. The Morgan fingerprint density at radius 2 is 1.88 bits per heavy atom. The van der Waals surface area contributed by atoms with Crippen LogP contribution in [-0.4, -0.2) is 96.9 Å². The molecule has 2 heterocycles. The molecule has 134 valence electrons. The predicted octanol–water partition coefficient (Wildman–Crippen LogP) is -0.157. The second-order valence-electron chi connectivity index (χ2n) is 7.00. The molecule has 2 rings (SSSR count). The lowest BCUT2D eigenvalue weighted by Gasteiger charge is -2.39. The van der Waals surface area contributed by atoms with Gasteiger partial charge in [-0.05, 0) is 5.92 Å². The van der Waals surface area contributed by atoms with E-state index in [1.807, 2.05) is 4.90 Å². The first kappa shape index (κ1) is 18.7. The van der Waals surface area contributed by atoms with Crippen LogP contribution in [-0.2, 0) is 9.59 Å². The van der Waals surface area contributed by atoms with Gasteiger partial charge in [0.25, 0.3) is 0 Å². The highest BCUT2D eigenvalue weighted by Gasteiger charge is 2.36. The smallest absolute Gasteiger partial charge is 0.236 e. The van der Waals surface area contributed by atoms with Gasteiger partial charge in [0.1, 0.15) is 0 Å². The number of carbonyl (C=O) groups is 2. The Morgan fingerprint density at radius 3 is 2.46 bits per heavy atom. The monoisotopic (exact) mass is 335 g/mol. The van der Waals surface area contributed by atoms with Crippen molar-refractivity contribution in [2.75, 3.05) is 59.4 Å². The Balaban J connectivity index is 1.81.